The van der Waals surface area contributed by atoms with Crippen molar-refractivity contribution in [2.45, 2.75) is 6.04 Å². The van der Waals surface area contributed by atoms with E-state index in [1.807, 2.05) is 18.0 Å². The van der Waals surface area contributed by atoms with Crippen LogP contribution in [-0.4, -0.2) is 13.6 Å². The van der Waals surface area contributed by atoms with Crippen LogP contribution >= 0.6 is 15.9 Å². The first-order chi connectivity index (χ1) is 8.63. The maximum absolute atomic E-state index is 12.9. The Balaban J connectivity index is 2.28. The third kappa shape index (κ3) is 2.57. The predicted molar refractivity (Wildman–Crippen MR) is 73.0 cm³/mol. The first-order valence-electron chi connectivity index (χ1n) is 5.55. The van der Waals surface area contributed by atoms with Gasteiger partial charge in [0, 0.05) is 19.3 Å². The molecule has 2 rings (SSSR count). The standard InChI is InChI=1S/C13H14BrFN2O/c1-17(10-4-2-9(15)3-5-10)12(8-16)13-11(14)6-7-18-13/h2-7,12H,8,16H2,1H3. The van der Waals surface area contributed by atoms with Gasteiger partial charge in [0.1, 0.15) is 17.6 Å². The molecule has 0 bridgehead atoms. The molecular weight excluding hydrogens is 299 g/mol. The lowest BCUT2D eigenvalue weighted by molar-refractivity contribution is 0.458. The minimum atomic E-state index is -0.254. The molecule has 96 valence electrons. The van der Waals surface area contributed by atoms with Crippen LogP contribution in [0.5, 0.6) is 0 Å². The van der Waals surface area contributed by atoms with Crippen LogP contribution in [0.4, 0.5) is 10.1 Å². The van der Waals surface area contributed by atoms with E-state index >= 15 is 0 Å². The first kappa shape index (κ1) is 13.1. The molecule has 18 heavy (non-hydrogen) atoms. The summed E-state index contributed by atoms with van der Waals surface area (Å²) >= 11 is 3.42. The van der Waals surface area contributed by atoms with Crippen LogP contribution in [0, 0.1) is 5.82 Å². The number of nitrogens with two attached hydrogens (primary N) is 1. The summed E-state index contributed by atoms with van der Waals surface area (Å²) in [6.07, 6.45) is 1.61. The Morgan fingerprint density at radius 2 is 2.00 bits per heavy atom. The summed E-state index contributed by atoms with van der Waals surface area (Å²) in [5.74, 6) is 0.514. The highest BCUT2D eigenvalue weighted by atomic mass is 79.9. The fourth-order valence-electron chi connectivity index (χ4n) is 1.84. The van der Waals surface area contributed by atoms with E-state index < -0.39 is 0 Å². The Hall–Kier alpha value is -1.33. The van der Waals surface area contributed by atoms with Gasteiger partial charge in [0.05, 0.1) is 10.7 Å². The zero-order valence-corrected chi connectivity index (χ0v) is 11.5. The molecular formula is C13H14BrFN2O. The van der Waals surface area contributed by atoms with Gasteiger partial charge in [0.25, 0.3) is 0 Å². The van der Waals surface area contributed by atoms with Crippen molar-refractivity contribution < 1.29 is 8.81 Å². The summed E-state index contributed by atoms with van der Waals surface area (Å²) in [7, 11) is 1.90. The fourth-order valence-corrected chi connectivity index (χ4v) is 2.31. The first-order valence-corrected chi connectivity index (χ1v) is 6.34. The van der Waals surface area contributed by atoms with Gasteiger partial charge < -0.3 is 15.1 Å². The number of hydrogen-bond donors (Lipinski definition) is 1. The van der Waals surface area contributed by atoms with Crippen LogP contribution in [-0.2, 0) is 0 Å². The minimum Gasteiger partial charge on any atom is -0.466 e. The van der Waals surface area contributed by atoms with Crippen molar-refractivity contribution in [3.63, 3.8) is 0 Å². The van der Waals surface area contributed by atoms with E-state index in [1.54, 1.807) is 18.4 Å². The third-order valence-corrected chi connectivity index (χ3v) is 3.53. The second kappa shape index (κ2) is 5.54. The molecule has 0 fully saturated rings. The number of rotatable bonds is 4. The van der Waals surface area contributed by atoms with E-state index in [0.29, 0.717) is 6.54 Å². The molecule has 0 saturated carbocycles. The molecule has 1 atom stereocenters. The van der Waals surface area contributed by atoms with E-state index in [-0.39, 0.29) is 11.9 Å². The van der Waals surface area contributed by atoms with Gasteiger partial charge in [0.2, 0.25) is 0 Å². The molecule has 0 spiro atoms. The Kier molecular flexibility index (Phi) is 4.04. The summed E-state index contributed by atoms with van der Waals surface area (Å²) in [6, 6.07) is 8.02. The molecule has 0 saturated heterocycles. The number of likely N-dealkylation sites (N-methyl/N-ethyl adjacent to an activating group) is 1. The largest absolute Gasteiger partial charge is 0.466 e. The van der Waals surface area contributed by atoms with Crippen molar-refractivity contribution in [3.8, 4) is 0 Å². The average molecular weight is 313 g/mol. The summed E-state index contributed by atoms with van der Waals surface area (Å²) < 4.78 is 19.2. The highest BCUT2D eigenvalue weighted by Gasteiger charge is 2.21. The molecule has 1 aromatic carbocycles. The maximum Gasteiger partial charge on any atom is 0.141 e. The Labute approximate surface area is 114 Å². The number of halogens is 2. The van der Waals surface area contributed by atoms with Gasteiger partial charge in [-0.2, -0.15) is 0 Å². The van der Waals surface area contributed by atoms with Gasteiger partial charge in [-0.25, -0.2) is 4.39 Å². The summed E-state index contributed by atoms with van der Waals surface area (Å²) in [5.41, 5.74) is 6.69. The van der Waals surface area contributed by atoms with Crippen molar-refractivity contribution in [3.05, 3.63) is 52.6 Å². The number of hydrogen-bond acceptors (Lipinski definition) is 3. The molecule has 0 aliphatic rings. The molecule has 0 aliphatic heterocycles. The van der Waals surface area contributed by atoms with E-state index in [1.165, 1.54) is 12.1 Å². The van der Waals surface area contributed by atoms with Gasteiger partial charge in [-0.05, 0) is 46.3 Å². The molecule has 0 amide bonds. The SMILES string of the molecule is CN(c1ccc(F)cc1)C(CN)c1occc1Br. The molecule has 1 unspecified atom stereocenters. The smallest absolute Gasteiger partial charge is 0.141 e. The third-order valence-electron chi connectivity index (χ3n) is 2.87. The Bertz CT molecular complexity index is 512. The van der Waals surface area contributed by atoms with Crippen LogP contribution in [0.1, 0.15) is 11.8 Å². The van der Waals surface area contributed by atoms with E-state index in [9.17, 15) is 4.39 Å². The van der Waals surface area contributed by atoms with Crippen LogP contribution in [0.25, 0.3) is 0 Å². The average Bonchev–Trinajstić information content (AvgIpc) is 2.78. The summed E-state index contributed by atoms with van der Waals surface area (Å²) in [4.78, 5) is 1.96. The van der Waals surface area contributed by atoms with Crippen LogP contribution in [0.3, 0.4) is 0 Å². The van der Waals surface area contributed by atoms with Crippen molar-refractivity contribution >= 4 is 21.6 Å². The van der Waals surface area contributed by atoms with Gasteiger partial charge in [-0.3, -0.25) is 0 Å². The van der Waals surface area contributed by atoms with Crippen molar-refractivity contribution in [2.24, 2.45) is 5.73 Å². The zero-order chi connectivity index (χ0) is 13.1. The molecule has 3 nitrogen and oxygen atoms in total. The monoisotopic (exact) mass is 312 g/mol. The molecule has 2 aromatic rings. The van der Waals surface area contributed by atoms with Crippen molar-refractivity contribution in [1.82, 2.24) is 0 Å². The second-order valence-electron chi connectivity index (χ2n) is 3.97. The normalized spacial score (nSPS) is 12.4. The quantitative estimate of drug-likeness (QED) is 0.941. The topological polar surface area (TPSA) is 42.4 Å². The highest BCUT2D eigenvalue weighted by molar-refractivity contribution is 9.10. The Morgan fingerprint density at radius 1 is 1.33 bits per heavy atom. The molecule has 2 N–H and O–H groups in total. The predicted octanol–water partition coefficient (Wildman–Crippen LogP) is 3.32. The molecule has 5 heteroatoms. The van der Waals surface area contributed by atoms with E-state index in [2.05, 4.69) is 15.9 Å². The lowest BCUT2D eigenvalue weighted by Crippen LogP contribution is -2.30. The lowest BCUT2D eigenvalue weighted by Gasteiger charge is -2.27. The fraction of sp³-hybridized carbons (Fsp3) is 0.231. The number of furan rings is 1. The maximum atomic E-state index is 12.9. The van der Waals surface area contributed by atoms with Gasteiger partial charge in [-0.15, -0.1) is 0 Å². The van der Waals surface area contributed by atoms with Gasteiger partial charge in [0.15, 0.2) is 0 Å². The highest BCUT2D eigenvalue weighted by Crippen LogP contribution is 2.30. The molecule has 0 aliphatic carbocycles. The van der Waals surface area contributed by atoms with Crippen molar-refractivity contribution in [2.75, 3.05) is 18.5 Å². The summed E-state index contributed by atoms with van der Waals surface area (Å²) in [6.45, 7) is 0.403. The minimum absolute atomic E-state index is 0.0974. The van der Waals surface area contributed by atoms with Gasteiger partial charge >= 0.3 is 0 Å². The Morgan fingerprint density at radius 3 is 2.50 bits per heavy atom. The molecule has 1 aromatic heterocycles. The van der Waals surface area contributed by atoms with Crippen LogP contribution in [0.15, 0.2) is 45.5 Å². The zero-order valence-electron chi connectivity index (χ0n) is 9.94. The second-order valence-corrected chi connectivity index (χ2v) is 4.83. The lowest BCUT2D eigenvalue weighted by atomic mass is 10.1. The summed E-state index contributed by atoms with van der Waals surface area (Å²) in [5, 5.41) is 0. The van der Waals surface area contributed by atoms with Crippen LogP contribution in [0.2, 0.25) is 0 Å². The van der Waals surface area contributed by atoms with Gasteiger partial charge in [-0.1, -0.05) is 0 Å². The van der Waals surface area contributed by atoms with Crippen molar-refractivity contribution in [1.29, 1.82) is 0 Å². The number of benzene rings is 1. The molecule has 1 heterocycles. The number of nitrogens with zero attached hydrogens (tertiary/aromatic N) is 1. The number of anilines is 1. The van der Waals surface area contributed by atoms with Crippen LogP contribution < -0.4 is 10.6 Å². The van der Waals surface area contributed by atoms with E-state index in [0.717, 1.165) is 15.9 Å². The molecule has 0 radical (unpaired) electrons. The van der Waals surface area contributed by atoms with E-state index in [4.69, 9.17) is 10.2 Å².